The average molecular weight is 506 g/mol. The smallest absolute Gasteiger partial charge is 0.191 e. The van der Waals surface area contributed by atoms with Crippen LogP contribution in [0.4, 0.5) is 0 Å². The molecular formula is C19H29ClIN5O. The number of nitrogens with one attached hydrogen (secondary N) is 2. The van der Waals surface area contributed by atoms with E-state index in [0.29, 0.717) is 5.96 Å². The van der Waals surface area contributed by atoms with E-state index in [4.69, 9.17) is 11.6 Å². The Morgan fingerprint density at radius 1 is 1.30 bits per heavy atom. The van der Waals surface area contributed by atoms with E-state index in [1.165, 1.54) is 5.56 Å². The number of benzene rings is 1. The van der Waals surface area contributed by atoms with E-state index in [0.717, 1.165) is 36.5 Å². The molecule has 0 aliphatic rings. The zero-order valence-corrected chi connectivity index (χ0v) is 19.2. The van der Waals surface area contributed by atoms with Gasteiger partial charge in [0.25, 0.3) is 0 Å². The van der Waals surface area contributed by atoms with Crippen LogP contribution in [0.3, 0.4) is 0 Å². The third kappa shape index (κ3) is 8.06. The maximum atomic E-state index is 10.6. The summed E-state index contributed by atoms with van der Waals surface area (Å²) >= 11 is 5.90. The molecule has 150 valence electrons. The molecule has 6 nitrogen and oxygen atoms in total. The lowest BCUT2D eigenvalue weighted by Crippen LogP contribution is -2.39. The van der Waals surface area contributed by atoms with Gasteiger partial charge in [0.2, 0.25) is 0 Å². The minimum Gasteiger partial charge on any atom is -0.383 e. The Morgan fingerprint density at radius 2 is 2.00 bits per heavy atom. The molecule has 0 fully saturated rings. The largest absolute Gasteiger partial charge is 0.383 e. The number of aromatic nitrogens is 2. The molecule has 0 saturated heterocycles. The minimum atomic E-state index is -1.06. The molecule has 1 aromatic carbocycles. The summed E-state index contributed by atoms with van der Waals surface area (Å²) in [5.74, 6) is 0.702. The summed E-state index contributed by atoms with van der Waals surface area (Å²) < 4.78 is 1.67. The van der Waals surface area contributed by atoms with Crippen LogP contribution in [0.15, 0.2) is 41.7 Å². The van der Waals surface area contributed by atoms with E-state index in [9.17, 15) is 5.11 Å². The maximum absolute atomic E-state index is 10.6. The highest BCUT2D eigenvalue weighted by molar-refractivity contribution is 14.0. The number of hydrogen-bond donors (Lipinski definition) is 3. The number of aryl methyl sites for hydroxylation is 2. The molecule has 1 aromatic heterocycles. The van der Waals surface area contributed by atoms with Crippen LogP contribution in [0.25, 0.3) is 0 Å². The number of hydrogen-bond acceptors (Lipinski definition) is 3. The first-order chi connectivity index (χ1) is 12.4. The summed E-state index contributed by atoms with van der Waals surface area (Å²) in [6, 6.07) is 7.92. The molecule has 0 radical (unpaired) electrons. The van der Waals surface area contributed by atoms with Gasteiger partial charge in [-0.25, -0.2) is 4.99 Å². The normalized spacial score (nSPS) is 13.6. The van der Waals surface area contributed by atoms with Crippen molar-refractivity contribution in [3.8, 4) is 0 Å². The monoisotopic (exact) mass is 505 g/mol. The van der Waals surface area contributed by atoms with Gasteiger partial charge in [0.05, 0.1) is 12.7 Å². The average Bonchev–Trinajstić information content (AvgIpc) is 3.05. The molecule has 0 amide bonds. The van der Waals surface area contributed by atoms with Crippen molar-refractivity contribution in [1.29, 1.82) is 0 Å². The second-order valence-electron chi connectivity index (χ2n) is 6.53. The van der Waals surface area contributed by atoms with Gasteiger partial charge in [0, 0.05) is 36.9 Å². The van der Waals surface area contributed by atoms with E-state index >= 15 is 0 Å². The van der Waals surface area contributed by atoms with Crippen molar-refractivity contribution in [2.24, 2.45) is 12.0 Å². The summed E-state index contributed by atoms with van der Waals surface area (Å²) in [5.41, 5.74) is 0.958. The van der Waals surface area contributed by atoms with Crippen molar-refractivity contribution in [2.75, 3.05) is 19.6 Å². The van der Waals surface area contributed by atoms with Crippen molar-refractivity contribution in [3.63, 3.8) is 0 Å². The topological polar surface area (TPSA) is 74.5 Å². The molecule has 0 saturated carbocycles. The van der Waals surface area contributed by atoms with E-state index in [1.807, 2.05) is 44.4 Å². The fraction of sp³-hybridized carbons (Fsp3) is 0.474. The van der Waals surface area contributed by atoms with E-state index in [-0.39, 0.29) is 30.5 Å². The van der Waals surface area contributed by atoms with Gasteiger partial charge in [0.1, 0.15) is 5.60 Å². The van der Waals surface area contributed by atoms with Gasteiger partial charge in [-0.15, -0.1) is 24.0 Å². The van der Waals surface area contributed by atoms with Crippen molar-refractivity contribution in [2.45, 2.75) is 32.3 Å². The van der Waals surface area contributed by atoms with Crippen LogP contribution < -0.4 is 10.6 Å². The lowest BCUT2D eigenvalue weighted by molar-refractivity contribution is 0.0672. The quantitative estimate of drug-likeness (QED) is 0.223. The third-order valence-electron chi connectivity index (χ3n) is 4.06. The summed E-state index contributed by atoms with van der Waals surface area (Å²) in [7, 11) is 1.83. The number of nitrogens with zero attached hydrogens (tertiary/aromatic N) is 3. The highest BCUT2D eigenvalue weighted by Crippen LogP contribution is 2.19. The summed E-state index contributed by atoms with van der Waals surface area (Å²) in [6.45, 7) is 5.58. The molecule has 0 spiro atoms. The number of aliphatic hydroxyl groups is 1. The van der Waals surface area contributed by atoms with E-state index in [2.05, 4.69) is 20.7 Å². The number of aliphatic imine (C=N–C) groups is 1. The third-order valence-corrected chi connectivity index (χ3v) is 4.32. The molecule has 8 heteroatoms. The highest BCUT2D eigenvalue weighted by Gasteiger charge is 2.24. The van der Waals surface area contributed by atoms with Gasteiger partial charge >= 0.3 is 0 Å². The Morgan fingerprint density at radius 3 is 2.59 bits per heavy atom. The predicted octanol–water partition coefficient (Wildman–Crippen LogP) is 3.09. The molecule has 27 heavy (non-hydrogen) atoms. The Bertz CT molecular complexity index is 715. The highest BCUT2D eigenvalue weighted by atomic mass is 127. The van der Waals surface area contributed by atoms with Crippen LogP contribution >= 0.6 is 35.6 Å². The second kappa shape index (κ2) is 11.5. The summed E-state index contributed by atoms with van der Waals surface area (Å²) in [6.07, 6.45) is 5.42. The Labute approximate surface area is 183 Å². The summed E-state index contributed by atoms with van der Waals surface area (Å²) in [5, 5.41) is 22.0. The molecular weight excluding hydrogens is 477 g/mol. The zero-order valence-electron chi connectivity index (χ0n) is 16.1. The van der Waals surface area contributed by atoms with Gasteiger partial charge in [-0.3, -0.25) is 4.68 Å². The molecule has 1 heterocycles. The van der Waals surface area contributed by atoms with Crippen LogP contribution in [0.5, 0.6) is 0 Å². The molecule has 1 atom stereocenters. The van der Waals surface area contributed by atoms with Gasteiger partial charge in [-0.1, -0.05) is 23.7 Å². The Hall–Kier alpha value is -1.32. The van der Waals surface area contributed by atoms with Crippen molar-refractivity contribution in [3.05, 3.63) is 52.8 Å². The Balaban J connectivity index is 0.00000364. The molecule has 0 aliphatic carbocycles. The van der Waals surface area contributed by atoms with Gasteiger partial charge in [-0.05, 0) is 44.4 Å². The zero-order chi connectivity index (χ0) is 19.0. The van der Waals surface area contributed by atoms with Crippen molar-refractivity contribution < 1.29 is 5.11 Å². The molecule has 1 unspecified atom stereocenters. The number of guanidine groups is 1. The first-order valence-electron chi connectivity index (χ1n) is 8.89. The van der Waals surface area contributed by atoms with Crippen LogP contribution in [0.2, 0.25) is 5.02 Å². The predicted molar refractivity (Wildman–Crippen MR) is 122 cm³/mol. The lowest BCUT2D eigenvalue weighted by atomic mass is 10.0. The summed E-state index contributed by atoms with van der Waals surface area (Å²) in [4.78, 5) is 4.52. The number of halogens is 2. The second-order valence-corrected chi connectivity index (χ2v) is 6.96. The van der Waals surface area contributed by atoms with Crippen molar-refractivity contribution in [1.82, 2.24) is 20.4 Å². The fourth-order valence-corrected chi connectivity index (χ4v) is 2.64. The lowest BCUT2D eigenvalue weighted by Gasteiger charge is -2.20. The van der Waals surface area contributed by atoms with Crippen LogP contribution in [-0.2, 0) is 19.1 Å². The minimum absolute atomic E-state index is 0. The molecule has 2 rings (SSSR count). The first-order valence-corrected chi connectivity index (χ1v) is 9.26. The van der Waals surface area contributed by atoms with Gasteiger partial charge in [0.15, 0.2) is 5.96 Å². The molecule has 3 N–H and O–H groups in total. The van der Waals surface area contributed by atoms with Crippen LogP contribution in [0, 0.1) is 0 Å². The van der Waals surface area contributed by atoms with Crippen molar-refractivity contribution >= 4 is 41.5 Å². The van der Waals surface area contributed by atoms with E-state index in [1.54, 1.807) is 17.8 Å². The maximum Gasteiger partial charge on any atom is 0.191 e. The SMILES string of the molecule is CCNC(=NCC(C)(O)c1cnn(C)c1)NCCCc1ccc(Cl)cc1.I. The molecule has 0 bridgehead atoms. The first kappa shape index (κ1) is 23.7. The van der Waals surface area contributed by atoms with E-state index < -0.39 is 5.60 Å². The molecule has 0 aliphatic heterocycles. The molecule has 2 aromatic rings. The fourth-order valence-electron chi connectivity index (χ4n) is 2.52. The van der Waals surface area contributed by atoms with Crippen LogP contribution in [-0.4, -0.2) is 40.5 Å². The van der Waals surface area contributed by atoms with Gasteiger partial charge < -0.3 is 15.7 Å². The van der Waals surface area contributed by atoms with Gasteiger partial charge in [-0.2, -0.15) is 5.10 Å². The number of rotatable bonds is 8. The Kier molecular flexibility index (Phi) is 10.1. The standard InChI is InChI=1S/C19H28ClN5O.HI/c1-4-21-18(22-11-5-6-15-7-9-17(20)10-8-15)23-14-19(2,26)16-12-24-25(3)13-16;/h7-10,12-13,26H,4-6,11,14H2,1-3H3,(H2,21,22,23);1H. The van der Waals surface area contributed by atoms with Crippen LogP contribution in [0.1, 0.15) is 31.4 Å².